The van der Waals surface area contributed by atoms with Crippen molar-refractivity contribution < 1.29 is 0 Å². The third kappa shape index (κ3) is 1.93. The van der Waals surface area contributed by atoms with E-state index >= 15 is 0 Å². The molecule has 2 N–H and O–H groups in total. The molecule has 2 heteroatoms. The molecule has 2 nitrogen and oxygen atoms in total. The van der Waals surface area contributed by atoms with Crippen LogP contribution in [-0.4, -0.2) is 4.98 Å². The molecule has 100 valence electrons. The van der Waals surface area contributed by atoms with Crippen molar-refractivity contribution in [2.75, 3.05) is 5.73 Å². The van der Waals surface area contributed by atoms with E-state index in [2.05, 4.69) is 53.5 Å². The van der Waals surface area contributed by atoms with Gasteiger partial charge in [-0.25, -0.2) is 0 Å². The second kappa shape index (κ2) is 4.60. The van der Waals surface area contributed by atoms with E-state index in [0.717, 1.165) is 22.2 Å². The first-order chi connectivity index (χ1) is 10.3. The fourth-order valence-electron chi connectivity index (χ4n) is 2.81. The van der Waals surface area contributed by atoms with Crippen molar-refractivity contribution in [3.05, 3.63) is 72.9 Å². The lowest BCUT2D eigenvalue weighted by atomic mass is 9.96. The molecule has 0 fully saturated rings. The number of hydrogen-bond acceptors (Lipinski definition) is 2. The largest absolute Gasteiger partial charge is 0.399 e. The summed E-state index contributed by atoms with van der Waals surface area (Å²) in [5.74, 6) is 0. The predicted molar refractivity (Wildman–Crippen MR) is 89.1 cm³/mol. The molecular weight excluding hydrogens is 256 g/mol. The van der Waals surface area contributed by atoms with Crippen LogP contribution in [-0.2, 0) is 0 Å². The summed E-state index contributed by atoms with van der Waals surface area (Å²) in [6.07, 6.45) is 1.93. The van der Waals surface area contributed by atoms with Crippen molar-refractivity contribution in [3.8, 4) is 11.1 Å². The zero-order chi connectivity index (χ0) is 14.2. The number of hydrogen-bond donors (Lipinski definition) is 1. The van der Waals surface area contributed by atoms with Gasteiger partial charge in [0, 0.05) is 22.7 Å². The van der Waals surface area contributed by atoms with Crippen molar-refractivity contribution in [2.24, 2.45) is 0 Å². The maximum atomic E-state index is 5.80. The Kier molecular flexibility index (Phi) is 2.61. The maximum Gasteiger partial charge on any atom is 0.0714 e. The van der Waals surface area contributed by atoms with Gasteiger partial charge in [-0.15, -0.1) is 0 Å². The molecule has 21 heavy (non-hydrogen) atoms. The first kappa shape index (κ1) is 11.9. The molecule has 0 unspecified atom stereocenters. The number of aromatic nitrogens is 1. The topological polar surface area (TPSA) is 38.9 Å². The van der Waals surface area contributed by atoms with Crippen LogP contribution in [0.25, 0.3) is 32.8 Å². The van der Waals surface area contributed by atoms with E-state index in [1.54, 1.807) is 0 Å². The Morgan fingerprint density at radius 1 is 0.762 bits per heavy atom. The van der Waals surface area contributed by atoms with E-state index in [9.17, 15) is 0 Å². The van der Waals surface area contributed by atoms with E-state index in [4.69, 9.17) is 5.73 Å². The molecule has 0 radical (unpaired) electrons. The summed E-state index contributed by atoms with van der Waals surface area (Å²) >= 11 is 0. The number of nitrogens with two attached hydrogens (primary N) is 1. The first-order valence-electron chi connectivity index (χ1n) is 6.95. The molecule has 3 aromatic carbocycles. The van der Waals surface area contributed by atoms with Crippen molar-refractivity contribution in [2.45, 2.75) is 0 Å². The Bertz CT molecular complexity index is 940. The van der Waals surface area contributed by atoms with Crippen LogP contribution >= 0.6 is 0 Å². The van der Waals surface area contributed by atoms with E-state index < -0.39 is 0 Å². The Morgan fingerprint density at radius 2 is 1.57 bits per heavy atom. The molecule has 4 aromatic rings. The predicted octanol–water partition coefficient (Wildman–Crippen LogP) is 4.64. The minimum absolute atomic E-state index is 0.780. The molecule has 0 amide bonds. The minimum atomic E-state index is 0.780. The number of pyridine rings is 1. The van der Waals surface area contributed by atoms with Crippen molar-refractivity contribution in [1.82, 2.24) is 4.98 Å². The lowest BCUT2D eigenvalue weighted by Gasteiger charge is -2.10. The van der Waals surface area contributed by atoms with Crippen LogP contribution in [0.3, 0.4) is 0 Å². The highest BCUT2D eigenvalue weighted by molar-refractivity contribution is 6.12. The van der Waals surface area contributed by atoms with Crippen LogP contribution in [0.4, 0.5) is 5.69 Å². The third-order valence-electron chi connectivity index (χ3n) is 3.84. The normalized spacial score (nSPS) is 11.0. The highest BCUT2D eigenvalue weighted by atomic mass is 14.6. The maximum absolute atomic E-state index is 5.80. The van der Waals surface area contributed by atoms with Gasteiger partial charge < -0.3 is 5.73 Å². The molecule has 0 spiro atoms. The van der Waals surface area contributed by atoms with Crippen LogP contribution in [0.5, 0.6) is 0 Å². The Hall–Kier alpha value is -2.87. The Labute approximate surface area is 122 Å². The molecular formula is C19H14N2. The number of rotatable bonds is 1. The molecule has 0 atom stereocenters. The fourth-order valence-corrected chi connectivity index (χ4v) is 2.81. The quantitative estimate of drug-likeness (QED) is 0.404. The zero-order valence-electron chi connectivity index (χ0n) is 11.5. The first-order valence-corrected chi connectivity index (χ1v) is 6.95. The summed E-state index contributed by atoms with van der Waals surface area (Å²) in [4.78, 5) is 4.59. The summed E-state index contributed by atoms with van der Waals surface area (Å²) in [5.41, 5.74) is 9.94. The summed E-state index contributed by atoms with van der Waals surface area (Å²) < 4.78 is 0. The molecule has 1 aromatic heterocycles. The van der Waals surface area contributed by atoms with Crippen molar-refractivity contribution in [3.63, 3.8) is 0 Å². The van der Waals surface area contributed by atoms with E-state index in [-0.39, 0.29) is 0 Å². The highest BCUT2D eigenvalue weighted by Crippen LogP contribution is 2.33. The summed E-state index contributed by atoms with van der Waals surface area (Å²) in [6, 6.07) is 22.6. The number of anilines is 1. The van der Waals surface area contributed by atoms with Gasteiger partial charge in [-0.05, 0) is 34.7 Å². The number of nitrogens with zero attached hydrogens (tertiary/aromatic N) is 1. The van der Waals surface area contributed by atoms with Crippen LogP contribution in [0, 0.1) is 0 Å². The molecule has 4 rings (SSSR count). The molecule has 0 aliphatic heterocycles. The average Bonchev–Trinajstić information content (AvgIpc) is 2.55. The van der Waals surface area contributed by atoms with Gasteiger partial charge in [0.15, 0.2) is 0 Å². The van der Waals surface area contributed by atoms with Gasteiger partial charge >= 0.3 is 0 Å². The van der Waals surface area contributed by atoms with Gasteiger partial charge in [-0.1, -0.05) is 48.5 Å². The Balaban J connectivity index is 2.13. The molecule has 1 heterocycles. The monoisotopic (exact) mass is 270 g/mol. The smallest absolute Gasteiger partial charge is 0.0714 e. The van der Waals surface area contributed by atoms with Crippen molar-refractivity contribution >= 4 is 27.4 Å². The van der Waals surface area contributed by atoms with Crippen LogP contribution in [0.2, 0.25) is 0 Å². The van der Waals surface area contributed by atoms with Gasteiger partial charge in [0.1, 0.15) is 0 Å². The summed E-state index contributed by atoms with van der Waals surface area (Å²) in [7, 11) is 0. The number of benzene rings is 3. The summed E-state index contributed by atoms with van der Waals surface area (Å²) in [5, 5.41) is 3.59. The lowest BCUT2D eigenvalue weighted by molar-refractivity contribution is 1.44. The van der Waals surface area contributed by atoms with Crippen LogP contribution in [0.1, 0.15) is 0 Å². The highest BCUT2D eigenvalue weighted by Gasteiger charge is 2.08. The number of nitrogen functional groups attached to an aromatic ring is 1. The SMILES string of the molecule is Nc1ccc(-c2cccc3ncc4ccccc4c23)cc1. The van der Waals surface area contributed by atoms with Gasteiger partial charge in [0.25, 0.3) is 0 Å². The van der Waals surface area contributed by atoms with Gasteiger partial charge in [0.05, 0.1) is 5.52 Å². The third-order valence-corrected chi connectivity index (χ3v) is 3.84. The number of fused-ring (bicyclic) bond motifs is 3. The minimum Gasteiger partial charge on any atom is -0.399 e. The van der Waals surface area contributed by atoms with Gasteiger partial charge in [-0.3, -0.25) is 4.98 Å². The Morgan fingerprint density at radius 3 is 2.43 bits per heavy atom. The molecule has 0 aliphatic rings. The summed E-state index contributed by atoms with van der Waals surface area (Å²) in [6.45, 7) is 0. The lowest BCUT2D eigenvalue weighted by Crippen LogP contribution is -1.88. The molecule has 0 saturated heterocycles. The molecule has 0 aliphatic carbocycles. The molecule has 0 saturated carbocycles. The standard InChI is InChI=1S/C19H14N2/c20-15-10-8-13(9-11-15)16-6-3-7-18-19(16)17-5-2-1-4-14(17)12-21-18/h1-12H,20H2. The average molecular weight is 270 g/mol. The van der Waals surface area contributed by atoms with E-state index in [1.165, 1.54) is 16.3 Å². The fraction of sp³-hybridized carbons (Fsp3) is 0. The zero-order valence-corrected chi connectivity index (χ0v) is 11.5. The molecule has 0 bridgehead atoms. The van der Waals surface area contributed by atoms with Crippen molar-refractivity contribution in [1.29, 1.82) is 0 Å². The van der Waals surface area contributed by atoms with Crippen LogP contribution < -0.4 is 5.73 Å². The van der Waals surface area contributed by atoms with E-state index in [0.29, 0.717) is 0 Å². The van der Waals surface area contributed by atoms with Gasteiger partial charge in [0.2, 0.25) is 0 Å². The second-order valence-electron chi connectivity index (χ2n) is 5.17. The van der Waals surface area contributed by atoms with E-state index in [1.807, 2.05) is 24.4 Å². The van der Waals surface area contributed by atoms with Crippen LogP contribution in [0.15, 0.2) is 72.9 Å². The second-order valence-corrected chi connectivity index (χ2v) is 5.17. The van der Waals surface area contributed by atoms with Gasteiger partial charge in [-0.2, -0.15) is 0 Å².